The molecule has 16 heavy (non-hydrogen) atoms. The average molecular weight is 299 g/mol. The van der Waals surface area contributed by atoms with Crippen molar-refractivity contribution < 1.29 is 0 Å². The Labute approximate surface area is 107 Å². The van der Waals surface area contributed by atoms with Crippen LogP contribution in [0.15, 0.2) is 28.9 Å². The lowest BCUT2D eigenvalue weighted by atomic mass is 10.3. The quantitative estimate of drug-likeness (QED) is 0.796. The first-order chi connectivity index (χ1) is 7.69. The highest BCUT2D eigenvalue weighted by Gasteiger charge is 2.06. The molecule has 5 heteroatoms. The van der Waals surface area contributed by atoms with Crippen molar-refractivity contribution in [1.82, 2.24) is 15.0 Å². The van der Waals surface area contributed by atoms with Gasteiger partial charge in [-0.3, -0.25) is 4.98 Å². The average Bonchev–Trinajstić information content (AvgIpc) is 2.29. The fourth-order valence-corrected chi connectivity index (χ4v) is 1.71. The fourth-order valence-electron chi connectivity index (χ4n) is 1.27. The Morgan fingerprint density at radius 2 is 2.12 bits per heavy atom. The summed E-state index contributed by atoms with van der Waals surface area (Å²) in [5.74, 6) is 0.567. The number of hydrogen-bond acceptors (Lipinski definition) is 3. The molecule has 0 amide bonds. The van der Waals surface area contributed by atoms with Crippen molar-refractivity contribution in [3.8, 4) is 11.5 Å². The molecule has 0 bridgehead atoms. The summed E-state index contributed by atoms with van der Waals surface area (Å²) in [5, 5.41) is 0.451. The molecule has 0 aromatic carbocycles. The normalized spacial score (nSPS) is 10.4. The Morgan fingerprint density at radius 1 is 1.31 bits per heavy atom. The van der Waals surface area contributed by atoms with Crippen molar-refractivity contribution in [2.75, 3.05) is 0 Å². The molecule has 0 aliphatic carbocycles. The van der Waals surface area contributed by atoms with Crippen molar-refractivity contribution in [3.63, 3.8) is 0 Å². The van der Waals surface area contributed by atoms with Gasteiger partial charge >= 0.3 is 0 Å². The molecule has 2 rings (SSSR count). The summed E-state index contributed by atoms with van der Waals surface area (Å²) in [4.78, 5) is 12.8. The summed E-state index contributed by atoms with van der Waals surface area (Å²) in [7, 11) is 0. The van der Waals surface area contributed by atoms with Crippen LogP contribution in [0.3, 0.4) is 0 Å². The molecule has 82 valence electrons. The third kappa shape index (κ3) is 2.57. The van der Waals surface area contributed by atoms with E-state index in [0.29, 0.717) is 11.0 Å². The Morgan fingerprint density at radius 3 is 2.75 bits per heavy atom. The summed E-state index contributed by atoms with van der Waals surface area (Å²) >= 11 is 9.25. The van der Waals surface area contributed by atoms with Crippen LogP contribution < -0.4 is 0 Å². The van der Waals surface area contributed by atoms with E-state index in [1.54, 1.807) is 12.3 Å². The summed E-state index contributed by atoms with van der Waals surface area (Å²) in [6.45, 7) is 2.03. The minimum atomic E-state index is 0.451. The molecular weight excluding hydrogens is 289 g/mol. The zero-order chi connectivity index (χ0) is 11.5. The zero-order valence-corrected chi connectivity index (χ0v) is 11.0. The van der Waals surface area contributed by atoms with Gasteiger partial charge in [0.15, 0.2) is 5.82 Å². The molecule has 2 heterocycles. The van der Waals surface area contributed by atoms with Gasteiger partial charge in [-0.15, -0.1) is 0 Å². The Bertz CT molecular complexity index is 499. The van der Waals surface area contributed by atoms with E-state index in [2.05, 4.69) is 30.9 Å². The van der Waals surface area contributed by atoms with Gasteiger partial charge in [0.05, 0.1) is 0 Å². The van der Waals surface area contributed by atoms with Crippen LogP contribution in [0.5, 0.6) is 0 Å². The van der Waals surface area contributed by atoms with Gasteiger partial charge in [0, 0.05) is 16.4 Å². The number of halogens is 2. The molecule has 0 radical (unpaired) electrons. The monoisotopic (exact) mass is 297 g/mol. The predicted molar refractivity (Wildman–Crippen MR) is 67.4 cm³/mol. The van der Waals surface area contributed by atoms with Gasteiger partial charge in [-0.2, -0.15) is 0 Å². The topological polar surface area (TPSA) is 38.7 Å². The molecule has 0 aliphatic heterocycles. The third-order valence-corrected chi connectivity index (χ3v) is 2.73. The van der Waals surface area contributed by atoms with E-state index >= 15 is 0 Å². The van der Waals surface area contributed by atoms with Crippen molar-refractivity contribution in [3.05, 3.63) is 39.7 Å². The molecule has 0 saturated heterocycles. The number of nitrogens with zero attached hydrogens (tertiary/aromatic N) is 3. The van der Waals surface area contributed by atoms with Crippen molar-refractivity contribution in [2.45, 2.75) is 13.3 Å². The van der Waals surface area contributed by atoms with E-state index in [1.807, 2.05) is 19.1 Å². The highest BCUT2D eigenvalue weighted by molar-refractivity contribution is 9.10. The number of rotatable bonds is 2. The van der Waals surface area contributed by atoms with Gasteiger partial charge in [-0.05, 0) is 40.5 Å². The van der Waals surface area contributed by atoms with E-state index in [1.165, 1.54) is 0 Å². The summed E-state index contributed by atoms with van der Waals surface area (Å²) in [6, 6.07) is 5.53. The van der Waals surface area contributed by atoms with Crippen LogP contribution in [0.2, 0.25) is 5.15 Å². The molecule has 0 spiro atoms. The third-order valence-electron chi connectivity index (χ3n) is 2.07. The highest BCUT2D eigenvalue weighted by Crippen LogP contribution is 2.18. The van der Waals surface area contributed by atoms with Crippen LogP contribution in [0, 0.1) is 0 Å². The maximum atomic E-state index is 5.92. The SMILES string of the molecule is CCc1cc(Cl)nc(-c2ccc(Br)cn2)n1. The van der Waals surface area contributed by atoms with Crippen LogP contribution in [0.25, 0.3) is 11.5 Å². The van der Waals surface area contributed by atoms with Gasteiger partial charge in [0.25, 0.3) is 0 Å². The Balaban J connectivity index is 2.47. The summed E-state index contributed by atoms with van der Waals surface area (Å²) in [6.07, 6.45) is 2.54. The number of pyridine rings is 1. The molecule has 0 fully saturated rings. The van der Waals surface area contributed by atoms with Crippen LogP contribution in [0.1, 0.15) is 12.6 Å². The largest absolute Gasteiger partial charge is 0.252 e. The molecule has 2 aromatic heterocycles. The van der Waals surface area contributed by atoms with Crippen molar-refractivity contribution in [2.24, 2.45) is 0 Å². The molecule has 0 N–H and O–H groups in total. The first kappa shape index (κ1) is 11.5. The number of aryl methyl sites for hydroxylation is 1. The molecule has 0 atom stereocenters. The van der Waals surface area contributed by atoms with Crippen molar-refractivity contribution >= 4 is 27.5 Å². The summed E-state index contributed by atoms with van der Waals surface area (Å²) in [5.41, 5.74) is 1.64. The maximum Gasteiger partial charge on any atom is 0.179 e. The molecule has 0 saturated carbocycles. The standard InChI is InChI=1S/C11H9BrClN3/c1-2-8-5-10(13)16-11(15-8)9-4-3-7(12)6-14-9/h3-6H,2H2,1H3. The molecular formula is C11H9BrClN3. The smallest absolute Gasteiger partial charge is 0.179 e. The van der Waals surface area contributed by atoms with Gasteiger partial charge < -0.3 is 0 Å². The van der Waals surface area contributed by atoms with Crippen LogP contribution in [0.4, 0.5) is 0 Å². The second-order valence-corrected chi connectivity index (χ2v) is 4.52. The lowest BCUT2D eigenvalue weighted by molar-refractivity contribution is 0.998. The van der Waals surface area contributed by atoms with Gasteiger partial charge in [0.2, 0.25) is 0 Å². The van der Waals surface area contributed by atoms with Crippen molar-refractivity contribution in [1.29, 1.82) is 0 Å². The van der Waals surface area contributed by atoms with Crippen LogP contribution in [-0.4, -0.2) is 15.0 Å². The van der Waals surface area contributed by atoms with E-state index in [-0.39, 0.29) is 0 Å². The lowest BCUT2D eigenvalue weighted by Crippen LogP contribution is -1.96. The minimum absolute atomic E-state index is 0.451. The molecule has 0 unspecified atom stereocenters. The molecule has 3 nitrogen and oxygen atoms in total. The highest BCUT2D eigenvalue weighted by atomic mass is 79.9. The van der Waals surface area contributed by atoms with E-state index in [4.69, 9.17) is 11.6 Å². The first-order valence-electron chi connectivity index (χ1n) is 4.84. The minimum Gasteiger partial charge on any atom is -0.252 e. The van der Waals surface area contributed by atoms with Gasteiger partial charge in [-0.1, -0.05) is 18.5 Å². The van der Waals surface area contributed by atoms with E-state index < -0.39 is 0 Å². The lowest BCUT2D eigenvalue weighted by Gasteiger charge is -2.02. The Hall–Kier alpha value is -1.00. The van der Waals surface area contributed by atoms with Crippen LogP contribution in [-0.2, 0) is 6.42 Å². The first-order valence-corrected chi connectivity index (χ1v) is 6.01. The van der Waals surface area contributed by atoms with E-state index in [9.17, 15) is 0 Å². The fraction of sp³-hybridized carbons (Fsp3) is 0.182. The Kier molecular flexibility index (Phi) is 3.51. The second-order valence-electron chi connectivity index (χ2n) is 3.22. The predicted octanol–water partition coefficient (Wildman–Crippen LogP) is 3.52. The maximum absolute atomic E-state index is 5.92. The van der Waals surface area contributed by atoms with Gasteiger partial charge in [0.1, 0.15) is 10.8 Å². The zero-order valence-electron chi connectivity index (χ0n) is 8.61. The second kappa shape index (κ2) is 4.89. The number of aromatic nitrogens is 3. The summed E-state index contributed by atoms with van der Waals surface area (Å²) < 4.78 is 0.925. The van der Waals surface area contributed by atoms with Crippen LogP contribution >= 0.6 is 27.5 Å². The van der Waals surface area contributed by atoms with Gasteiger partial charge in [-0.25, -0.2) is 9.97 Å². The molecule has 0 aliphatic rings. The number of hydrogen-bond donors (Lipinski definition) is 0. The molecule has 2 aromatic rings. The van der Waals surface area contributed by atoms with E-state index in [0.717, 1.165) is 22.3 Å².